The van der Waals surface area contributed by atoms with Gasteiger partial charge in [-0.2, -0.15) is 0 Å². The van der Waals surface area contributed by atoms with Gasteiger partial charge in [0.1, 0.15) is 4.75 Å². The van der Waals surface area contributed by atoms with Crippen molar-refractivity contribution in [1.29, 1.82) is 0 Å². The third-order valence-corrected chi connectivity index (χ3v) is 6.40. The molecule has 0 aliphatic carbocycles. The maximum Gasteiger partial charge on any atom is 0.321 e. The van der Waals surface area contributed by atoms with E-state index in [1.807, 2.05) is 27.0 Å². The second-order valence-corrected chi connectivity index (χ2v) is 10.5. The fourth-order valence-electron chi connectivity index (χ4n) is 3.24. The minimum atomic E-state index is -0.643. The van der Waals surface area contributed by atoms with Crippen LogP contribution >= 0.6 is 11.8 Å². The number of carbonyl (C=O) groups excluding carboxylic acids is 1. The van der Waals surface area contributed by atoms with Crippen LogP contribution in [-0.2, 0) is 14.9 Å². The van der Waals surface area contributed by atoms with E-state index >= 15 is 0 Å². The van der Waals surface area contributed by atoms with Gasteiger partial charge in [0, 0.05) is 22.0 Å². The van der Waals surface area contributed by atoms with Crippen molar-refractivity contribution in [3.8, 4) is 11.4 Å². The van der Waals surface area contributed by atoms with Gasteiger partial charge in [0.05, 0.1) is 18.0 Å². The summed E-state index contributed by atoms with van der Waals surface area (Å²) in [6.07, 6.45) is 1.87. The topological polar surface area (TPSA) is 55.0 Å². The number of hydrogen-bond acceptors (Lipinski definition) is 4. The second-order valence-electron chi connectivity index (χ2n) is 8.85. The molecule has 3 rings (SSSR count). The maximum absolute atomic E-state index is 12.3. The lowest BCUT2D eigenvalue weighted by molar-refractivity contribution is -0.145. The van der Waals surface area contributed by atoms with E-state index in [1.54, 1.807) is 11.8 Å². The summed E-state index contributed by atoms with van der Waals surface area (Å²) in [4.78, 5) is 21.4. The van der Waals surface area contributed by atoms with Crippen molar-refractivity contribution in [2.75, 3.05) is 6.61 Å². The highest BCUT2D eigenvalue weighted by Gasteiger charge is 2.31. The highest BCUT2D eigenvalue weighted by molar-refractivity contribution is 8.01. The van der Waals surface area contributed by atoms with Crippen LogP contribution in [0.4, 0.5) is 0 Å². The Balaban J connectivity index is 1.98. The predicted octanol–water partition coefficient (Wildman–Crippen LogP) is 6.27. The third kappa shape index (κ3) is 4.50. The van der Waals surface area contributed by atoms with E-state index in [-0.39, 0.29) is 11.4 Å². The van der Waals surface area contributed by atoms with E-state index in [2.05, 4.69) is 68.0 Å². The monoisotopic (exact) mass is 410 g/mol. The van der Waals surface area contributed by atoms with Crippen LogP contribution in [0, 0.1) is 6.92 Å². The van der Waals surface area contributed by atoms with Crippen molar-refractivity contribution in [2.24, 2.45) is 0 Å². The van der Waals surface area contributed by atoms with Gasteiger partial charge in [-0.05, 0) is 74.6 Å². The number of pyridine rings is 1. The van der Waals surface area contributed by atoms with Crippen molar-refractivity contribution in [3.05, 3.63) is 47.7 Å². The van der Waals surface area contributed by atoms with Crippen LogP contribution in [0.3, 0.4) is 0 Å². The van der Waals surface area contributed by atoms with E-state index in [9.17, 15) is 4.79 Å². The van der Waals surface area contributed by atoms with Crippen LogP contribution in [0.25, 0.3) is 22.3 Å². The summed E-state index contributed by atoms with van der Waals surface area (Å²) < 4.78 is 4.59. The number of fused-ring (bicyclic) bond motifs is 1. The molecule has 1 N–H and O–H groups in total. The van der Waals surface area contributed by atoms with Crippen molar-refractivity contribution >= 4 is 28.6 Å². The molecule has 4 nitrogen and oxygen atoms in total. The molecule has 5 heteroatoms. The zero-order chi connectivity index (χ0) is 21.4. The highest BCUT2D eigenvalue weighted by Crippen LogP contribution is 2.39. The molecule has 2 heterocycles. The number of aromatic nitrogens is 2. The average molecular weight is 411 g/mol. The molecule has 29 heavy (non-hydrogen) atoms. The number of hydrogen-bond donors (Lipinski definition) is 1. The molecular weight excluding hydrogens is 380 g/mol. The summed E-state index contributed by atoms with van der Waals surface area (Å²) in [5.74, 6) is -0.192. The number of aromatic amines is 1. The quantitative estimate of drug-likeness (QED) is 0.398. The van der Waals surface area contributed by atoms with Crippen molar-refractivity contribution in [1.82, 2.24) is 9.97 Å². The predicted molar refractivity (Wildman–Crippen MR) is 122 cm³/mol. The Kier molecular flexibility index (Phi) is 5.81. The summed E-state index contributed by atoms with van der Waals surface area (Å²) in [5, 5.41) is 1.15. The molecule has 0 saturated heterocycles. The maximum atomic E-state index is 12.3. The first-order valence-electron chi connectivity index (χ1n) is 9.98. The number of benzene rings is 1. The van der Waals surface area contributed by atoms with Crippen molar-refractivity contribution < 1.29 is 9.53 Å². The van der Waals surface area contributed by atoms with E-state index in [1.165, 1.54) is 5.56 Å². The standard InChI is InChI=1S/C24H30N2O2S/c1-8-28-22(27)24(6,7)29-21-10-9-18-17(15(21)2)14-20(26-18)19-13-16(11-12-25-19)23(3,4)5/h9-14,26H,8H2,1-7H3. The average Bonchev–Trinajstić information content (AvgIpc) is 3.09. The minimum Gasteiger partial charge on any atom is -0.465 e. The number of aryl methyl sites for hydroxylation is 1. The number of ether oxygens (including phenoxy) is 1. The number of thioether (sulfide) groups is 1. The summed E-state index contributed by atoms with van der Waals surface area (Å²) in [6.45, 7) is 14.8. The molecule has 0 bridgehead atoms. The fraction of sp³-hybridized carbons (Fsp3) is 0.417. The number of carbonyl (C=O) groups is 1. The number of nitrogens with one attached hydrogen (secondary N) is 1. The molecule has 154 valence electrons. The molecule has 0 saturated carbocycles. The number of nitrogens with zero attached hydrogens (tertiary/aromatic N) is 1. The summed E-state index contributed by atoms with van der Waals surface area (Å²) >= 11 is 1.54. The highest BCUT2D eigenvalue weighted by atomic mass is 32.2. The molecule has 0 spiro atoms. The van der Waals surface area contributed by atoms with E-state index in [0.717, 1.165) is 32.7 Å². The fourth-order valence-corrected chi connectivity index (χ4v) is 4.33. The van der Waals surface area contributed by atoms with Crippen LogP contribution < -0.4 is 0 Å². The SMILES string of the molecule is CCOC(=O)C(C)(C)Sc1ccc2[nH]c(-c3cc(C(C)(C)C)ccn3)cc2c1C. The molecule has 0 aliphatic heterocycles. The van der Waals surface area contributed by atoms with Gasteiger partial charge < -0.3 is 9.72 Å². The first-order chi connectivity index (χ1) is 13.5. The normalized spacial score (nSPS) is 12.4. The Morgan fingerprint density at radius 1 is 1.14 bits per heavy atom. The van der Waals surface area contributed by atoms with Gasteiger partial charge in [-0.25, -0.2) is 0 Å². The molecule has 3 aromatic rings. The van der Waals surface area contributed by atoms with Gasteiger partial charge in [0.2, 0.25) is 0 Å². The Morgan fingerprint density at radius 3 is 2.52 bits per heavy atom. The smallest absolute Gasteiger partial charge is 0.321 e. The molecule has 0 fully saturated rings. The van der Waals surface area contributed by atoms with E-state index < -0.39 is 4.75 Å². The first-order valence-corrected chi connectivity index (χ1v) is 10.8. The molecule has 0 radical (unpaired) electrons. The molecule has 1 aromatic carbocycles. The van der Waals surface area contributed by atoms with E-state index in [0.29, 0.717) is 6.61 Å². The van der Waals surface area contributed by atoms with Crippen LogP contribution in [-0.4, -0.2) is 27.3 Å². The first kappa shape index (κ1) is 21.4. The van der Waals surface area contributed by atoms with Crippen LogP contribution in [0.1, 0.15) is 52.7 Å². The van der Waals surface area contributed by atoms with Gasteiger partial charge in [-0.1, -0.05) is 20.8 Å². The number of H-pyrrole nitrogens is 1. The lowest BCUT2D eigenvalue weighted by atomic mass is 9.87. The van der Waals surface area contributed by atoms with Crippen LogP contribution in [0.2, 0.25) is 0 Å². The Morgan fingerprint density at radius 2 is 1.86 bits per heavy atom. The molecule has 2 aromatic heterocycles. The van der Waals surface area contributed by atoms with E-state index in [4.69, 9.17) is 4.74 Å². The van der Waals surface area contributed by atoms with Gasteiger partial charge in [0.25, 0.3) is 0 Å². The number of esters is 1. The van der Waals surface area contributed by atoms with Crippen molar-refractivity contribution in [3.63, 3.8) is 0 Å². The largest absolute Gasteiger partial charge is 0.465 e. The minimum absolute atomic E-state index is 0.0715. The second kappa shape index (κ2) is 7.86. The van der Waals surface area contributed by atoms with Gasteiger partial charge in [0.15, 0.2) is 0 Å². The third-order valence-electron chi connectivity index (χ3n) is 5.06. The Labute approximate surface area is 177 Å². The Bertz CT molecular complexity index is 1040. The summed E-state index contributed by atoms with van der Waals surface area (Å²) in [6, 6.07) is 10.5. The molecule has 0 aliphatic rings. The summed E-state index contributed by atoms with van der Waals surface area (Å²) in [7, 11) is 0. The summed E-state index contributed by atoms with van der Waals surface area (Å²) in [5.41, 5.74) is 5.49. The molecular formula is C24H30N2O2S. The van der Waals surface area contributed by atoms with Crippen LogP contribution in [0.5, 0.6) is 0 Å². The number of rotatable bonds is 5. The molecule has 0 unspecified atom stereocenters. The lowest BCUT2D eigenvalue weighted by Gasteiger charge is -2.22. The molecule has 0 amide bonds. The van der Waals surface area contributed by atoms with Gasteiger partial charge in [-0.15, -0.1) is 11.8 Å². The van der Waals surface area contributed by atoms with Gasteiger partial charge in [-0.3, -0.25) is 9.78 Å². The molecule has 0 atom stereocenters. The lowest BCUT2D eigenvalue weighted by Crippen LogP contribution is -2.30. The Hall–Kier alpha value is -2.27. The zero-order valence-corrected chi connectivity index (χ0v) is 19.2. The van der Waals surface area contributed by atoms with Gasteiger partial charge >= 0.3 is 5.97 Å². The van der Waals surface area contributed by atoms with Crippen molar-refractivity contribution in [2.45, 2.75) is 63.5 Å². The zero-order valence-electron chi connectivity index (χ0n) is 18.3. The van der Waals surface area contributed by atoms with Crippen LogP contribution in [0.15, 0.2) is 41.4 Å².